The lowest BCUT2D eigenvalue weighted by atomic mass is 9.89. The molecule has 3 N–H and O–H groups in total. The molecule has 1 aliphatic carbocycles. The maximum Gasteiger partial charge on any atom is 0.271 e. The van der Waals surface area contributed by atoms with Crippen molar-refractivity contribution in [3.63, 3.8) is 0 Å². The third kappa shape index (κ3) is 5.34. The molecule has 2 rings (SSSR count). The van der Waals surface area contributed by atoms with E-state index in [1.54, 1.807) is 6.07 Å². The number of amides is 2. The van der Waals surface area contributed by atoms with Gasteiger partial charge in [-0.15, -0.1) is 0 Å². The average molecular weight is 374 g/mol. The van der Waals surface area contributed by atoms with E-state index in [2.05, 4.69) is 16.2 Å². The number of hydrazine groups is 1. The largest absolute Gasteiger partial charge is 0.302 e. The smallest absolute Gasteiger partial charge is 0.271 e. The molecule has 0 aromatic heterocycles. The van der Waals surface area contributed by atoms with Crippen molar-refractivity contribution in [2.24, 2.45) is 5.92 Å². The monoisotopic (exact) mass is 373 g/mol. The fraction of sp³-hybridized carbons (Fsp3) is 0.400. The molecule has 1 aliphatic rings. The second-order valence-electron chi connectivity index (χ2n) is 5.36. The molecule has 0 spiro atoms. The molecule has 0 aliphatic heterocycles. The minimum Gasteiger partial charge on any atom is -0.302 e. The topological polar surface area (TPSA) is 70.2 Å². The Hall–Kier alpha value is -1.37. The molecule has 0 saturated heterocycles. The van der Waals surface area contributed by atoms with E-state index in [1.165, 1.54) is 18.6 Å². The lowest BCUT2D eigenvalue weighted by molar-refractivity contribution is -0.124. The normalized spacial score (nSPS) is 14.9. The molecule has 1 aromatic carbocycles. The van der Waals surface area contributed by atoms with Crippen molar-refractivity contribution in [1.82, 2.24) is 16.2 Å². The summed E-state index contributed by atoms with van der Waals surface area (Å²) in [5, 5.41) is 3.32. The van der Waals surface area contributed by atoms with Gasteiger partial charge in [-0.2, -0.15) is 0 Å². The summed E-state index contributed by atoms with van der Waals surface area (Å²) < 4.78 is 0. The van der Waals surface area contributed by atoms with E-state index in [4.69, 9.17) is 35.4 Å². The van der Waals surface area contributed by atoms with Crippen molar-refractivity contribution in [2.45, 2.75) is 32.1 Å². The lowest BCUT2D eigenvalue weighted by Crippen LogP contribution is -2.49. The maximum absolute atomic E-state index is 12.0. The minimum atomic E-state index is -0.471. The summed E-state index contributed by atoms with van der Waals surface area (Å²) in [7, 11) is 0. The van der Waals surface area contributed by atoms with E-state index >= 15 is 0 Å². The molecule has 1 fully saturated rings. The highest BCUT2D eigenvalue weighted by atomic mass is 35.5. The quantitative estimate of drug-likeness (QED) is 0.549. The Bertz CT molecular complexity index is 619. The fourth-order valence-electron chi connectivity index (χ4n) is 2.46. The molecule has 5 nitrogen and oxygen atoms in total. The number of benzene rings is 1. The molecule has 0 heterocycles. The van der Waals surface area contributed by atoms with Crippen molar-refractivity contribution >= 4 is 52.3 Å². The predicted octanol–water partition coefficient (Wildman–Crippen LogP) is 3.21. The summed E-state index contributed by atoms with van der Waals surface area (Å²) in [5.74, 6) is -0.591. The van der Waals surface area contributed by atoms with Gasteiger partial charge in [-0.05, 0) is 43.3 Å². The Morgan fingerprint density at radius 2 is 1.78 bits per heavy atom. The number of halogens is 2. The van der Waals surface area contributed by atoms with E-state index in [0.717, 1.165) is 25.7 Å². The molecule has 1 aromatic rings. The zero-order chi connectivity index (χ0) is 16.8. The Morgan fingerprint density at radius 1 is 1.09 bits per heavy atom. The number of carbonyl (C=O) groups is 2. The van der Waals surface area contributed by atoms with Crippen molar-refractivity contribution in [2.75, 3.05) is 0 Å². The van der Waals surface area contributed by atoms with Gasteiger partial charge in [0.2, 0.25) is 5.91 Å². The third-order valence-corrected chi connectivity index (χ3v) is 4.43. The summed E-state index contributed by atoms with van der Waals surface area (Å²) in [4.78, 5) is 24.0. The van der Waals surface area contributed by atoms with Gasteiger partial charge < -0.3 is 5.32 Å². The molecule has 124 valence electrons. The van der Waals surface area contributed by atoms with Crippen molar-refractivity contribution < 1.29 is 9.59 Å². The molecule has 8 heteroatoms. The van der Waals surface area contributed by atoms with E-state index in [-0.39, 0.29) is 27.5 Å². The van der Waals surface area contributed by atoms with Crippen molar-refractivity contribution in [3.05, 3.63) is 33.8 Å². The molecule has 0 atom stereocenters. The average Bonchev–Trinajstić information content (AvgIpc) is 2.53. The van der Waals surface area contributed by atoms with Crippen LogP contribution in [0.2, 0.25) is 10.0 Å². The van der Waals surface area contributed by atoms with Crippen LogP contribution in [0, 0.1) is 5.92 Å². The Morgan fingerprint density at radius 3 is 2.43 bits per heavy atom. The van der Waals surface area contributed by atoms with Gasteiger partial charge in [0.1, 0.15) is 0 Å². The molecule has 0 bridgehead atoms. The van der Waals surface area contributed by atoms with Crippen LogP contribution in [0.1, 0.15) is 42.5 Å². The summed E-state index contributed by atoms with van der Waals surface area (Å²) in [5.41, 5.74) is 5.15. The molecule has 0 unspecified atom stereocenters. The first-order valence-electron chi connectivity index (χ1n) is 7.33. The molecular formula is C15H17Cl2N3O2S. The molecule has 0 radical (unpaired) electrons. The maximum atomic E-state index is 12.0. The second kappa shape index (κ2) is 8.47. The summed E-state index contributed by atoms with van der Waals surface area (Å²) in [6, 6.07) is 4.54. The van der Waals surface area contributed by atoms with E-state index < -0.39 is 5.91 Å². The number of hydrogen-bond donors (Lipinski definition) is 3. The molecular weight excluding hydrogens is 357 g/mol. The number of hydrogen-bond acceptors (Lipinski definition) is 3. The standard InChI is InChI=1S/C15H17Cl2N3O2S/c16-10-6-7-11(12(17)8-10)14(22)19-20-15(23)18-13(21)9-4-2-1-3-5-9/h6-9H,1-5H2,(H,19,22)(H2,18,20,21,23). The van der Waals surface area contributed by atoms with Gasteiger partial charge in [0.25, 0.3) is 5.91 Å². The van der Waals surface area contributed by atoms with Gasteiger partial charge in [0, 0.05) is 10.9 Å². The SMILES string of the molecule is O=C(NNC(=S)NC(=O)C1CCCCC1)c1ccc(Cl)cc1Cl. The number of nitrogens with one attached hydrogen (secondary N) is 3. The van der Waals surface area contributed by atoms with Crippen LogP contribution in [-0.2, 0) is 4.79 Å². The van der Waals surface area contributed by atoms with Crippen LogP contribution < -0.4 is 16.2 Å². The first-order chi connectivity index (χ1) is 11.0. The summed E-state index contributed by atoms with van der Waals surface area (Å²) in [6.07, 6.45) is 5.04. The van der Waals surface area contributed by atoms with Crippen LogP contribution in [0.5, 0.6) is 0 Å². The lowest BCUT2D eigenvalue weighted by Gasteiger charge is -2.21. The fourth-order valence-corrected chi connectivity index (χ4v) is 3.11. The molecule has 23 heavy (non-hydrogen) atoms. The van der Waals surface area contributed by atoms with Crippen molar-refractivity contribution in [1.29, 1.82) is 0 Å². The van der Waals surface area contributed by atoms with E-state index in [0.29, 0.717) is 5.02 Å². The Kier molecular flexibility index (Phi) is 6.62. The number of thiocarbonyl (C=S) groups is 1. The van der Waals surface area contributed by atoms with Crippen LogP contribution in [-0.4, -0.2) is 16.9 Å². The van der Waals surface area contributed by atoms with Crippen molar-refractivity contribution in [3.8, 4) is 0 Å². The number of carbonyl (C=O) groups excluding carboxylic acids is 2. The van der Waals surface area contributed by atoms with Gasteiger partial charge in [0.15, 0.2) is 5.11 Å². The third-order valence-electron chi connectivity index (χ3n) is 3.68. The van der Waals surface area contributed by atoms with Crippen LogP contribution in [0.4, 0.5) is 0 Å². The van der Waals surface area contributed by atoms with Gasteiger partial charge in [0.05, 0.1) is 10.6 Å². The van der Waals surface area contributed by atoms with E-state index in [9.17, 15) is 9.59 Å². The Labute approximate surface area is 150 Å². The second-order valence-corrected chi connectivity index (χ2v) is 6.61. The van der Waals surface area contributed by atoms with Crippen LogP contribution in [0.3, 0.4) is 0 Å². The first kappa shape index (κ1) is 18.0. The summed E-state index contributed by atoms with van der Waals surface area (Å²) >= 11 is 16.7. The first-order valence-corrected chi connectivity index (χ1v) is 8.50. The summed E-state index contributed by atoms with van der Waals surface area (Å²) in [6.45, 7) is 0. The van der Waals surface area contributed by atoms with Gasteiger partial charge in [-0.1, -0.05) is 42.5 Å². The predicted molar refractivity (Wildman–Crippen MR) is 94.4 cm³/mol. The van der Waals surface area contributed by atoms with Crippen LogP contribution in [0.25, 0.3) is 0 Å². The highest BCUT2D eigenvalue weighted by Gasteiger charge is 2.21. The van der Waals surface area contributed by atoms with Gasteiger partial charge in [-0.3, -0.25) is 20.4 Å². The van der Waals surface area contributed by atoms with Crippen LogP contribution in [0.15, 0.2) is 18.2 Å². The van der Waals surface area contributed by atoms with Gasteiger partial charge in [-0.25, -0.2) is 0 Å². The minimum absolute atomic E-state index is 0.00934. The highest BCUT2D eigenvalue weighted by Crippen LogP contribution is 2.23. The zero-order valence-electron chi connectivity index (χ0n) is 12.3. The van der Waals surface area contributed by atoms with Crippen LogP contribution >= 0.6 is 35.4 Å². The molecule has 1 saturated carbocycles. The zero-order valence-corrected chi connectivity index (χ0v) is 14.7. The Balaban J connectivity index is 1.81. The number of rotatable bonds is 2. The molecule has 2 amide bonds. The van der Waals surface area contributed by atoms with Gasteiger partial charge >= 0.3 is 0 Å². The highest BCUT2D eigenvalue weighted by molar-refractivity contribution is 7.80. The van der Waals surface area contributed by atoms with E-state index in [1.807, 2.05) is 0 Å².